The fourth-order valence-electron chi connectivity index (χ4n) is 2.66. The first-order valence-electron chi connectivity index (χ1n) is 7.04. The van der Waals surface area contributed by atoms with Gasteiger partial charge < -0.3 is 21.5 Å². The van der Waals surface area contributed by atoms with Crippen LogP contribution in [0.4, 0.5) is 17.6 Å². The van der Waals surface area contributed by atoms with Crippen LogP contribution in [0.1, 0.15) is 30.4 Å². The van der Waals surface area contributed by atoms with E-state index >= 15 is 0 Å². The van der Waals surface area contributed by atoms with E-state index in [0.717, 1.165) is 11.3 Å². The first kappa shape index (κ1) is 14.1. The van der Waals surface area contributed by atoms with Crippen LogP contribution in [-0.4, -0.2) is 22.5 Å². The third-order valence-corrected chi connectivity index (χ3v) is 3.58. The summed E-state index contributed by atoms with van der Waals surface area (Å²) in [6.45, 7) is 2.53. The number of carbonyl (C=O) groups excluding carboxylic acids is 1. The van der Waals surface area contributed by atoms with Crippen molar-refractivity contribution >= 4 is 23.5 Å². The van der Waals surface area contributed by atoms with E-state index in [0.29, 0.717) is 30.2 Å². The van der Waals surface area contributed by atoms with Crippen molar-refractivity contribution in [2.24, 2.45) is 0 Å². The summed E-state index contributed by atoms with van der Waals surface area (Å²) in [4.78, 5) is 20.0. The molecule has 0 fully saturated rings. The minimum absolute atomic E-state index is 0.0453. The van der Waals surface area contributed by atoms with Gasteiger partial charge in [-0.05, 0) is 24.6 Å². The smallest absolute Gasteiger partial charge is 0.226 e. The Morgan fingerprint density at radius 1 is 1.27 bits per heavy atom. The van der Waals surface area contributed by atoms with Crippen LogP contribution in [0.3, 0.4) is 0 Å². The number of anilines is 3. The predicted octanol–water partition coefficient (Wildman–Crippen LogP) is 1.51. The zero-order chi connectivity index (χ0) is 15.7. The van der Waals surface area contributed by atoms with E-state index in [4.69, 9.17) is 16.2 Å². The second-order valence-corrected chi connectivity index (χ2v) is 5.04. The van der Waals surface area contributed by atoms with Crippen LogP contribution in [0.5, 0.6) is 5.75 Å². The maximum atomic E-state index is 11.9. The molecule has 0 spiro atoms. The molecule has 0 aliphatic carbocycles. The number of nitrogens with one attached hydrogen (secondary N) is 1. The molecule has 1 amide bonds. The third kappa shape index (κ3) is 2.52. The number of nitrogens with zero attached hydrogens (tertiary/aromatic N) is 2. The van der Waals surface area contributed by atoms with Crippen molar-refractivity contribution in [1.29, 1.82) is 0 Å². The number of amides is 1. The van der Waals surface area contributed by atoms with Crippen LogP contribution in [-0.2, 0) is 4.79 Å². The topological polar surface area (TPSA) is 116 Å². The Bertz CT molecular complexity index is 715. The molecule has 2 aromatic rings. The number of hydrogen-bond acceptors (Lipinski definition) is 6. The Hall–Kier alpha value is -2.83. The summed E-state index contributed by atoms with van der Waals surface area (Å²) in [5.74, 6) is 1.20. The zero-order valence-electron chi connectivity index (χ0n) is 12.2. The summed E-state index contributed by atoms with van der Waals surface area (Å²) >= 11 is 0. The lowest BCUT2D eigenvalue weighted by molar-refractivity contribution is -0.116. The molecule has 1 aliphatic rings. The van der Waals surface area contributed by atoms with Crippen molar-refractivity contribution in [2.45, 2.75) is 19.3 Å². The molecule has 1 aromatic carbocycles. The molecule has 22 heavy (non-hydrogen) atoms. The van der Waals surface area contributed by atoms with Gasteiger partial charge in [-0.2, -0.15) is 9.97 Å². The van der Waals surface area contributed by atoms with Gasteiger partial charge in [0.25, 0.3) is 0 Å². The Labute approximate surface area is 127 Å². The predicted molar refractivity (Wildman–Crippen MR) is 83.6 cm³/mol. The van der Waals surface area contributed by atoms with Crippen LogP contribution >= 0.6 is 0 Å². The van der Waals surface area contributed by atoms with Crippen LogP contribution in [0, 0.1) is 0 Å². The number of fused-ring (bicyclic) bond motifs is 1. The number of hydrogen-bond donors (Lipinski definition) is 3. The zero-order valence-corrected chi connectivity index (χ0v) is 12.2. The highest BCUT2D eigenvalue weighted by molar-refractivity contribution is 5.95. The average molecular weight is 299 g/mol. The molecule has 0 bridgehead atoms. The largest absolute Gasteiger partial charge is 0.494 e. The number of benzene rings is 1. The number of nitrogens with two attached hydrogens (primary N) is 2. The fraction of sp³-hybridized carbons (Fsp3) is 0.267. The van der Waals surface area contributed by atoms with Gasteiger partial charge in [-0.3, -0.25) is 4.79 Å². The minimum Gasteiger partial charge on any atom is -0.494 e. The minimum atomic E-state index is -0.194. The summed E-state index contributed by atoms with van der Waals surface area (Å²) in [6.07, 6.45) is 0.290. The lowest BCUT2D eigenvalue weighted by atomic mass is 9.86. The number of rotatable bonds is 3. The standard InChI is InChI=1S/C15H17N5O2/c1-2-22-9-5-3-8(4-6-9)10-7-11(21)18-14-12(10)13(16)19-15(17)20-14/h3-6,10H,2,7H2,1H3,(H5,16,17,18,19,20,21)/t10-/m0/s1. The van der Waals surface area contributed by atoms with Gasteiger partial charge in [-0.15, -0.1) is 0 Å². The van der Waals surface area contributed by atoms with E-state index in [9.17, 15) is 4.79 Å². The lowest BCUT2D eigenvalue weighted by Gasteiger charge is -2.26. The Morgan fingerprint density at radius 2 is 2.00 bits per heavy atom. The van der Waals surface area contributed by atoms with Crippen molar-refractivity contribution in [3.63, 3.8) is 0 Å². The van der Waals surface area contributed by atoms with Crippen molar-refractivity contribution in [3.8, 4) is 5.75 Å². The molecule has 114 valence electrons. The summed E-state index contributed by atoms with van der Waals surface area (Å²) < 4.78 is 5.43. The van der Waals surface area contributed by atoms with Gasteiger partial charge in [-0.25, -0.2) is 0 Å². The van der Waals surface area contributed by atoms with Crippen LogP contribution < -0.4 is 21.5 Å². The van der Waals surface area contributed by atoms with Gasteiger partial charge in [0.2, 0.25) is 11.9 Å². The first-order valence-corrected chi connectivity index (χ1v) is 7.04. The van der Waals surface area contributed by atoms with E-state index in [1.807, 2.05) is 31.2 Å². The molecule has 7 heteroatoms. The molecule has 5 N–H and O–H groups in total. The first-order chi connectivity index (χ1) is 10.6. The summed E-state index contributed by atoms with van der Waals surface area (Å²) in [6, 6.07) is 7.60. The quantitative estimate of drug-likeness (QED) is 0.791. The number of ether oxygens (including phenoxy) is 1. The molecule has 1 aromatic heterocycles. The molecular weight excluding hydrogens is 282 g/mol. The van der Waals surface area contributed by atoms with Crippen molar-refractivity contribution < 1.29 is 9.53 Å². The van der Waals surface area contributed by atoms with Crippen LogP contribution in [0.15, 0.2) is 24.3 Å². The molecule has 0 radical (unpaired) electrons. The highest BCUT2D eigenvalue weighted by Gasteiger charge is 2.30. The Kier molecular flexibility index (Phi) is 3.54. The molecule has 3 rings (SSSR count). The molecule has 0 unspecified atom stereocenters. The molecule has 0 saturated carbocycles. The summed E-state index contributed by atoms with van der Waals surface area (Å²) in [7, 11) is 0. The maximum Gasteiger partial charge on any atom is 0.226 e. The second-order valence-electron chi connectivity index (χ2n) is 5.04. The van der Waals surface area contributed by atoms with E-state index in [-0.39, 0.29) is 17.8 Å². The van der Waals surface area contributed by atoms with Gasteiger partial charge in [0, 0.05) is 17.9 Å². The number of nitrogen functional groups attached to an aromatic ring is 2. The number of carbonyl (C=O) groups is 1. The third-order valence-electron chi connectivity index (χ3n) is 3.58. The van der Waals surface area contributed by atoms with Crippen LogP contribution in [0.25, 0.3) is 0 Å². The average Bonchev–Trinajstić information content (AvgIpc) is 2.46. The van der Waals surface area contributed by atoms with Crippen molar-refractivity contribution in [1.82, 2.24) is 9.97 Å². The normalized spacial score (nSPS) is 16.8. The van der Waals surface area contributed by atoms with E-state index in [1.165, 1.54) is 0 Å². The van der Waals surface area contributed by atoms with Crippen molar-refractivity contribution in [3.05, 3.63) is 35.4 Å². The molecule has 0 saturated heterocycles. The van der Waals surface area contributed by atoms with Crippen molar-refractivity contribution in [2.75, 3.05) is 23.4 Å². The fourth-order valence-corrected chi connectivity index (χ4v) is 2.66. The Morgan fingerprint density at radius 3 is 2.68 bits per heavy atom. The summed E-state index contributed by atoms with van der Waals surface area (Å²) in [5.41, 5.74) is 13.2. The molecule has 1 aliphatic heterocycles. The van der Waals surface area contributed by atoms with E-state index in [2.05, 4.69) is 15.3 Å². The molecule has 7 nitrogen and oxygen atoms in total. The van der Waals surface area contributed by atoms with E-state index in [1.54, 1.807) is 0 Å². The molecule has 1 atom stereocenters. The SMILES string of the molecule is CCOc1ccc([C@@H]2CC(=O)Nc3nc(N)nc(N)c32)cc1. The van der Waals surface area contributed by atoms with Crippen LogP contribution in [0.2, 0.25) is 0 Å². The highest BCUT2D eigenvalue weighted by atomic mass is 16.5. The van der Waals surface area contributed by atoms with Gasteiger partial charge in [0.05, 0.1) is 6.61 Å². The van der Waals surface area contributed by atoms with E-state index < -0.39 is 0 Å². The number of aromatic nitrogens is 2. The lowest BCUT2D eigenvalue weighted by Crippen LogP contribution is -2.26. The maximum absolute atomic E-state index is 11.9. The molecular formula is C15H17N5O2. The van der Waals surface area contributed by atoms with Gasteiger partial charge in [0.1, 0.15) is 17.4 Å². The van der Waals surface area contributed by atoms with Gasteiger partial charge in [0.15, 0.2) is 0 Å². The van der Waals surface area contributed by atoms with Gasteiger partial charge >= 0.3 is 0 Å². The van der Waals surface area contributed by atoms with Gasteiger partial charge in [-0.1, -0.05) is 12.1 Å². The molecule has 2 heterocycles. The summed E-state index contributed by atoms with van der Waals surface area (Å²) in [5, 5.41) is 2.70. The monoisotopic (exact) mass is 299 g/mol. The highest BCUT2D eigenvalue weighted by Crippen LogP contribution is 2.39. The Balaban J connectivity index is 2.03. The second kappa shape index (κ2) is 5.51.